The Kier molecular flexibility index (Phi) is 3.83. The quantitative estimate of drug-likeness (QED) is 0.850. The second-order valence-corrected chi connectivity index (χ2v) is 5.08. The van der Waals surface area contributed by atoms with Crippen LogP contribution < -0.4 is 4.89 Å². The molecule has 0 aliphatic rings. The number of nitrogens with one attached hydrogen (secondary N) is 1. The topological polar surface area (TPSA) is 72.5 Å². The summed E-state index contributed by atoms with van der Waals surface area (Å²) in [5, 5.41) is 0. The maximum Gasteiger partial charge on any atom is 0.323 e. The van der Waals surface area contributed by atoms with Gasteiger partial charge >= 0.3 is 5.97 Å². The summed E-state index contributed by atoms with van der Waals surface area (Å²) >= 11 is 3.08. The molecule has 0 atom stereocenters. The first-order valence-corrected chi connectivity index (χ1v) is 6.15. The molecule has 5 nitrogen and oxygen atoms in total. The lowest BCUT2D eigenvalue weighted by Crippen LogP contribution is -2.26. The molecule has 1 aromatic carbocycles. The van der Waals surface area contributed by atoms with Crippen molar-refractivity contribution in [2.75, 3.05) is 0 Å². The molecule has 0 aliphatic carbocycles. The minimum atomic E-state index is -3.83. The van der Waals surface area contributed by atoms with E-state index in [1.165, 1.54) is 6.07 Å². The minimum Gasteiger partial charge on any atom is -0.356 e. The molecule has 0 aliphatic heterocycles. The molecule has 0 amide bonds. The average Bonchev–Trinajstić information content (AvgIpc) is 2.15. The Balaban J connectivity index is 2.97. The van der Waals surface area contributed by atoms with Crippen molar-refractivity contribution in [3.63, 3.8) is 0 Å². The third-order valence-electron chi connectivity index (χ3n) is 1.42. The average molecular weight is 294 g/mol. The number of carbonyl (C=O) groups is 1. The van der Waals surface area contributed by atoms with E-state index in [0.29, 0.717) is 4.47 Å². The second-order valence-electron chi connectivity index (χ2n) is 2.61. The van der Waals surface area contributed by atoms with Gasteiger partial charge in [0.2, 0.25) is 0 Å². The highest BCUT2D eigenvalue weighted by molar-refractivity contribution is 9.10. The highest BCUT2D eigenvalue weighted by Crippen LogP contribution is 2.20. The van der Waals surface area contributed by atoms with Gasteiger partial charge in [0.05, 0.1) is 4.90 Å². The Hall–Kier alpha value is -0.920. The normalized spacial score (nSPS) is 11.1. The van der Waals surface area contributed by atoms with Crippen molar-refractivity contribution in [2.45, 2.75) is 11.8 Å². The van der Waals surface area contributed by atoms with Crippen molar-refractivity contribution in [1.29, 1.82) is 0 Å². The zero-order valence-corrected chi connectivity index (χ0v) is 10.1. The summed E-state index contributed by atoms with van der Waals surface area (Å²) in [6, 6.07) is 6.19. The molecule has 0 bridgehead atoms. The summed E-state index contributed by atoms with van der Waals surface area (Å²) in [4.78, 5) is 16.4. The van der Waals surface area contributed by atoms with Crippen LogP contribution >= 0.6 is 15.9 Å². The summed E-state index contributed by atoms with van der Waals surface area (Å²) < 4.78 is 23.5. The fraction of sp³-hybridized carbons (Fsp3) is 0.125. The number of hydrogen-bond donors (Lipinski definition) is 1. The zero-order valence-electron chi connectivity index (χ0n) is 7.73. The molecule has 0 unspecified atom stereocenters. The molecular formula is C8H8BrNO4S. The lowest BCUT2D eigenvalue weighted by molar-refractivity contribution is -0.144. The molecule has 0 radical (unpaired) electrons. The third kappa shape index (κ3) is 3.29. The van der Waals surface area contributed by atoms with Crippen molar-refractivity contribution in [3.8, 4) is 0 Å². The van der Waals surface area contributed by atoms with Crippen LogP contribution in [0.3, 0.4) is 0 Å². The number of halogens is 1. The number of carbonyl (C=O) groups excluding carboxylic acids is 1. The summed E-state index contributed by atoms with van der Waals surface area (Å²) in [6.07, 6.45) is 0. The van der Waals surface area contributed by atoms with Crippen molar-refractivity contribution >= 4 is 31.9 Å². The highest BCUT2D eigenvalue weighted by atomic mass is 79.9. The van der Waals surface area contributed by atoms with Gasteiger partial charge in [0.1, 0.15) is 0 Å². The largest absolute Gasteiger partial charge is 0.356 e. The van der Waals surface area contributed by atoms with E-state index >= 15 is 0 Å². The molecule has 0 fully saturated rings. The summed E-state index contributed by atoms with van der Waals surface area (Å²) in [6.45, 7) is 1.10. The molecule has 7 heteroatoms. The Morgan fingerprint density at radius 3 is 2.53 bits per heavy atom. The molecular weight excluding hydrogens is 286 g/mol. The molecule has 0 heterocycles. The smallest absolute Gasteiger partial charge is 0.323 e. The monoisotopic (exact) mass is 293 g/mol. The first kappa shape index (κ1) is 12.2. The molecule has 0 spiro atoms. The molecule has 1 rings (SSSR count). The molecule has 1 aromatic rings. The Labute approximate surface area is 95.6 Å². The van der Waals surface area contributed by atoms with Gasteiger partial charge in [-0.3, -0.25) is 4.79 Å². The van der Waals surface area contributed by atoms with Gasteiger partial charge in [-0.1, -0.05) is 12.1 Å². The number of hydrogen-bond acceptors (Lipinski definition) is 4. The van der Waals surface area contributed by atoms with Gasteiger partial charge in [-0.05, 0) is 32.9 Å². The van der Waals surface area contributed by atoms with Crippen molar-refractivity contribution < 1.29 is 18.0 Å². The van der Waals surface area contributed by atoms with Gasteiger partial charge in [0.25, 0.3) is 10.0 Å². The molecule has 0 saturated carbocycles. The predicted octanol–water partition coefficient (Wildman–Crippen LogP) is 1.21. The Bertz CT molecular complexity index is 471. The van der Waals surface area contributed by atoms with Crippen molar-refractivity contribution in [2.24, 2.45) is 0 Å². The van der Waals surface area contributed by atoms with Gasteiger partial charge in [0.15, 0.2) is 0 Å². The molecule has 1 N–H and O–H groups in total. The van der Waals surface area contributed by atoms with Crippen molar-refractivity contribution in [1.82, 2.24) is 4.89 Å². The van der Waals surface area contributed by atoms with Crippen LogP contribution in [0.15, 0.2) is 33.6 Å². The third-order valence-corrected chi connectivity index (χ3v) is 3.61. The van der Waals surface area contributed by atoms with Gasteiger partial charge < -0.3 is 4.84 Å². The van der Waals surface area contributed by atoms with E-state index in [0.717, 1.165) is 6.92 Å². The number of rotatable bonds is 3. The minimum absolute atomic E-state index is 0.00579. The Morgan fingerprint density at radius 2 is 2.00 bits per heavy atom. The van der Waals surface area contributed by atoms with Crippen LogP contribution in [0.25, 0.3) is 0 Å². The second kappa shape index (κ2) is 4.73. The van der Waals surface area contributed by atoms with E-state index in [2.05, 4.69) is 20.8 Å². The van der Waals surface area contributed by atoms with Crippen LogP contribution in [0, 0.1) is 0 Å². The van der Waals surface area contributed by atoms with Crippen LogP contribution in [0.1, 0.15) is 6.92 Å². The van der Waals surface area contributed by atoms with E-state index in [4.69, 9.17) is 0 Å². The number of benzene rings is 1. The van der Waals surface area contributed by atoms with E-state index in [9.17, 15) is 13.2 Å². The maximum absolute atomic E-state index is 11.5. The molecule has 0 aromatic heterocycles. The van der Waals surface area contributed by atoms with Gasteiger partial charge in [-0.25, -0.2) is 8.42 Å². The highest BCUT2D eigenvalue weighted by Gasteiger charge is 2.18. The standard InChI is InChI=1S/C8H8BrNO4S/c1-6(11)14-10-15(12,13)8-5-3-2-4-7(8)9/h2-5,10H,1H3. The molecule has 15 heavy (non-hydrogen) atoms. The van der Waals surface area contributed by atoms with Crippen LogP contribution in [0.5, 0.6) is 0 Å². The van der Waals surface area contributed by atoms with E-state index in [1.807, 2.05) is 0 Å². The zero-order chi connectivity index (χ0) is 11.5. The maximum atomic E-state index is 11.5. The lowest BCUT2D eigenvalue weighted by atomic mass is 10.4. The van der Waals surface area contributed by atoms with Crippen LogP contribution in [0.2, 0.25) is 0 Å². The van der Waals surface area contributed by atoms with E-state index < -0.39 is 16.0 Å². The molecule has 82 valence electrons. The van der Waals surface area contributed by atoms with Gasteiger partial charge in [0, 0.05) is 11.4 Å². The fourth-order valence-electron chi connectivity index (χ4n) is 0.821. The van der Waals surface area contributed by atoms with Crippen LogP contribution in [0.4, 0.5) is 0 Å². The molecule has 0 saturated heterocycles. The number of sulfonamides is 1. The van der Waals surface area contributed by atoms with E-state index in [1.54, 1.807) is 23.1 Å². The first-order valence-electron chi connectivity index (χ1n) is 3.87. The summed E-state index contributed by atoms with van der Waals surface area (Å²) in [7, 11) is -3.83. The van der Waals surface area contributed by atoms with Gasteiger partial charge in [-0.15, -0.1) is 0 Å². The first-order chi connectivity index (χ1) is 6.93. The summed E-state index contributed by atoms with van der Waals surface area (Å²) in [5.74, 6) is -0.731. The van der Waals surface area contributed by atoms with E-state index in [-0.39, 0.29) is 4.90 Å². The van der Waals surface area contributed by atoms with Crippen LogP contribution in [-0.2, 0) is 19.7 Å². The van der Waals surface area contributed by atoms with Crippen LogP contribution in [-0.4, -0.2) is 14.4 Å². The SMILES string of the molecule is CC(=O)ONS(=O)(=O)c1ccccc1Br. The fourth-order valence-corrected chi connectivity index (χ4v) is 2.64. The summed E-state index contributed by atoms with van der Waals surface area (Å²) in [5.41, 5.74) is 0. The Morgan fingerprint density at radius 1 is 1.40 bits per heavy atom. The van der Waals surface area contributed by atoms with Crippen molar-refractivity contribution in [3.05, 3.63) is 28.7 Å². The lowest BCUT2D eigenvalue weighted by Gasteiger charge is -2.06. The van der Waals surface area contributed by atoms with Gasteiger partial charge in [-0.2, -0.15) is 0 Å². The predicted molar refractivity (Wildman–Crippen MR) is 56.2 cm³/mol.